The first-order chi connectivity index (χ1) is 13.6. The van der Waals surface area contributed by atoms with Crippen molar-refractivity contribution in [2.45, 2.75) is 19.8 Å². The van der Waals surface area contributed by atoms with Crippen molar-refractivity contribution in [1.82, 2.24) is 0 Å². The molecule has 28 heavy (non-hydrogen) atoms. The largest absolute Gasteiger partial charge is 0.497 e. The number of ether oxygens (including phenoxy) is 2. The van der Waals surface area contributed by atoms with E-state index in [1.165, 1.54) is 0 Å². The number of para-hydroxylation sites is 1. The summed E-state index contributed by atoms with van der Waals surface area (Å²) in [4.78, 5) is 14.3. The zero-order valence-corrected chi connectivity index (χ0v) is 16.5. The van der Waals surface area contributed by atoms with Crippen LogP contribution in [0.3, 0.4) is 0 Å². The summed E-state index contributed by atoms with van der Waals surface area (Å²) in [5.74, 6) is 1.61. The predicted octanol–water partition coefficient (Wildman–Crippen LogP) is 5.37. The first-order valence-electron chi connectivity index (χ1n) is 9.33. The van der Waals surface area contributed by atoms with Crippen LogP contribution in [0.4, 0.5) is 11.4 Å². The van der Waals surface area contributed by atoms with E-state index >= 15 is 0 Å². The van der Waals surface area contributed by atoms with Gasteiger partial charge in [0.2, 0.25) is 5.91 Å². The summed E-state index contributed by atoms with van der Waals surface area (Å²) in [6, 6.07) is 23.7. The van der Waals surface area contributed by atoms with Gasteiger partial charge in [0.05, 0.1) is 14.2 Å². The Labute approximate surface area is 166 Å². The fraction of sp³-hybridized carbons (Fsp3) is 0.208. The molecule has 3 aromatic rings. The first kappa shape index (κ1) is 19.5. The zero-order chi connectivity index (χ0) is 19.9. The van der Waals surface area contributed by atoms with Crippen molar-refractivity contribution in [3.8, 4) is 11.5 Å². The number of hydrogen-bond donors (Lipinski definition) is 0. The highest BCUT2D eigenvalue weighted by atomic mass is 16.5. The van der Waals surface area contributed by atoms with E-state index < -0.39 is 0 Å². The third-order valence-corrected chi connectivity index (χ3v) is 4.58. The first-order valence-corrected chi connectivity index (χ1v) is 9.33. The van der Waals surface area contributed by atoms with Gasteiger partial charge in [-0.2, -0.15) is 0 Å². The van der Waals surface area contributed by atoms with Crippen molar-refractivity contribution in [3.05, 3.63) is 83.9 Å². The Morgan fingerprint density at radius 2 is 1.36 bits per heavy atom. The highest BCUT2D eigenvalue weighted by Crippen LogP contribution is 2.28. The predicted molar refractivity (Wildman–Crippen MR) is 113 cm³/mol. The van der Waals surface area contributed by atoms with E-state index in [1.807, 2.05) is 67.6 Å². The van der Waals surface area contributed by atoms with Gasteiger partial charge in [-0.05, 0) is 53.9 Å². The summed E-state index contributed by atoms with van der Waals surface area (Å²) in [5, 5.41) is 0. The summed E-state index contributed by atoms with van der Waals surface area (Å²) < 4.78 is 10.7. The van der Waals surface area contributed by atoms with Gasteiger partial charge in [0, 0.05) is 23.9 Å². The van der Waals surface area contributed by atoms with Gasteiger partial charge in [-0.1, -0.05) is 37.3 Å². The second kappa shape index (κ2) is 9.09. The van der Waals surface area contributed by atoms with Crippen LogP contribution in [0.2, 0.25) is 0 Å². The molecule has 3 rings (SSSR count). The van der Waals surface area contributed by atoms with Gasteiger partial charge in [0.15, 0.2) is 0 Å². The van der Waals surface area contributed by atoms with Gasteiger partial charge >= 0.3 is 0 Å². The molecule has 4 heteroatoms. The fourth-order valence-corrected chi connectivity index (χ4v) is 3.14. The van der Waals surface area contributed by atoms with E-state index in [0.717, 1.165) is 40.4 Å². The van der Waals surface area contributed by atoms with Crippen molar-refractivity contribution in [1.29, 1.82) is 0 Å². The number of amides is 1. The van der Waals surface area contributed by atoms with Crippen LogP contribution in [0, 0.1) is 0 Å². The highest BCUT2D eigenvalue weighted by molar-refractivity contribution is 6.00. The van der Waals surface area contributed by atoms with Gasteiger partial charge < -0.3 is 9.47 Å². The number of anilines is 2. The molecule has 144 valence electrons. The average molecular weight is 375 g/mol. The molecule has 0 unspecified atom stereocenters. The topological polar surface area (TPSA) is 38.8 Å². The van der Waals surface area contributed by atoms with Crippen LogP contribution in [0.5, 0.6) is 11.5 Å². The van der Waals surface area contributed by atoms with Gasteiger partial charge in [-0.25, -0.2) is 0 Å². The van der Waals surface area contributed by atoms with Crippen molar-refractivity contribution in [3.63, 3.8) is 0 Å². The van der Waals surface area contributed by atoms with Crippen LogP contribution >= 0.6 is 0 Å². The maximum atomic E-state index is 12.5. The standard InChI is InChI=1S/C24H25NO3/c1-4-24(26)25(20-8-6-5-7-9-20)21-12-10-18(11-13-21)14-19-15-22(27-2)17-23(16-19)28-3/h5-13,15-17H,4,14H2,1-3H3. The summed E-state index contributed by atoms with van der Waals surface area (Å²) in [5.41, 5.74) is 3.99. The smallest absolute Gasteiger partial charge is 0.231 e. The second-order valence-corrected chi connectivity index (χ2v) is 6.48. The summed E-state index contributed by atoms with van der Waals surface area (Å²) in [7, 11) is 3.30. The van der Waals surface area contributed by atoms with E-state index in [0.29, 0.717) is 6.42 Å². The molecule has 0 spiro atoms. The summed E-state index contributed by atoms with van der Waals surface area (Å²) >= 11 is 0. The molecule has 0 fully saturated rings. The Morgan fingerprint density at radius 1 is 0.786 bits per heavy atom. The lowest BCUT2D eigenvalue weighted by atomic mass is 10.0. The van der Waals surface area contributed by atoms with Crippen LogP contribution in [0.15, 0.2) is 72.8 Å². The molecule has 0 bridgehead atoms. The third-order valence-electron chi connectivity index (χ3n) is 4.58. The lowest BCUT2D eigenvalue weighted by Crippen LogP contribution is -2.24. The number of methoxy groups -OCH3 is 2. The van der Waals surface area contributed by atoms with Gasteiger partial charge in [-0.15, -0.1) is 0 Å². The zero-order valence-electron chi connectivity index (χ0n) is 16.5. The number of hydrogen-bond acceptors (Lipinski definition) is 3. The monoisotopic (exact) mass is 375 g/mol. The molecule has 0 heterocycles. The Hall–Kier alpha value is -3.27. The SMILES string of the molecule is CCC(=O)N(c1ccccc1)c1ccc(Cc2cc(OC)cc(OC)c2)cc1. The second-order valence-electron chi connectivity index (χ2n) is 6.48. The number of nitrogens with zero attached hydrogens (tertiary/aromatic N) is 1. The van der Waals surface area contributed by atoms with Crippen molar-refractivity contribution < 1.29 is 14.3 Å². The molecule has 0 aliphatic rings. The lowest BCUT2D eigenvalue weighted by molar-refractivity contribution is -0.117. The molecular formula is C24H25NO3. The number of carbonyl (C=O) groups excluding carboxylic acids is 1. The molecule has 4 nitrogen and oxygen atoms in total. The molecule has 0 saturated heterocycles. The van der Waals surface area contributed by atoms with Crippen LogP contribution in [-0.2, 0) is 11.2 Å². The van der Waals surface area contributed by atoms with Crippen LogP contribution in [0.25, 0.3) is 0 Å². The maximum absolute atomic E-state index is 12.5. The molecule has 0 N–H and O–H groups in total. The van der Waals surface area contributed by atoms with Crippen LogP contribution < -0.4 is 14.4 Å². The van der Waals surface area contributed by atoms with Gasteiger partial charge in [0.1, 0.15) is 11.5 Å². The molecule has 3 aromatic carbocycles. The lowest BCUT2D eigenvalue weighted by Gasteiger charge is -2.23. The molecule has 1 amide bonds. The molecule has 0 aromatic heterocycles. The van der Waals surface area contributed by atoms with Crippen LogP contribution in [0.1, 0.15) is 24.5 Å². The van der Waals surface area contributed by atoms with E-state index in [4.69, 9.17) is 9.47 Å². The molecule has 0 radical (unpaired) electrons. The minimum absolute atomic E-state index is 0.0662. The van der Waals surface area contributed by atoms with Crippen molar-refractivity contribution in [2.75, 3.05) is 19.1 Å². The van der Waals surface area contributed by atoms with E-state index in [2.05, 4.69) is 12.1 Å². The average Bonchev–Trinajstić information content (AvgIpc) is 2.75. The van der Waals surface area contributed by atoms with Crippen molar-refractivity contribution >= 4 is 17.3 Å². The quantitative estimate of drug-likeness (QED) is 0.557. The molecule has 0 atom stereocenters. The van der Waals surface area contributed by atoms with E-state index in [1.54, 1.807) is 19.1 Å². The van der Waals surface area contributed by atoms with Crippen LogP contribution in [-0.4, -0.2) is 20.1 Å². The summed E-state index contributed by atoms with van der Waals surface area (Å²) in [6.07, 6.45) is 1.20. The maximum Gasteiger partial charge on any atom is 0.231 e. The minimum Gasteiger partial charge on any atom is -0.497 e. The number of rotatable bonds is 7. The Bertz CT molecular complexity index is 898. The number of carbonyl (C=O) groups is 1. The fourth-order valence-electron chi connectivity index (χ4n) is 3.14. The Balaban J connectivity index is 1.85. The third kappa shape index (κ3) is 4.52. The summed E-state index contributed by atoms with van der Waals surface area (Å²) in [6.45, 7) is 1.88. The Morgan fingerprint density at radius 3 is 1.89 bits per heavy atom. The molecule has 0 aliphatic heterocycles. The molecule has 0 aliphatic carbocycles. The van der Waals surface area contributed by atoms with Gasteiger partial charge in [0.25, 0.3) is 0 Å². The van der Waals surface area contributed by atoms with E-state index in [-0.39, 0.29) is 5.91 Å². The molecular weight excluding hydrogens is 350 g/mol. The normalized spacial score (nSPS) is 10.4. The van der Waals surface area contributed by atoms with Crippen molar-refractivity contribution in [2.24, 2.45) is 0 Å². The number of benzene rings is 3. The minimum atomic E-state index is 0.0662. The van der Waals surface area contributed by atoms with E-state index in [9.17, 15) is 4.79 Å². The van der Waals surface area contributed by atoms with Gasteiger partial charge in [-0.3, -0.25) is 9.69 Å². The Kier molecular flexibility index (Phi) is 6.33. The highest BCUT2D eigenvalue weighted by Gasteiger charge is 2.16. The molecule has 0 saturated carbocycles.